The van der Waals surface area contributed by atoms with E-state index in [4.69, 9.17) is 10.5 Å². The Kier molecular flexibility index (Phi) is 5.98. The second-order valence-corrected chi connectivity index (χ2v) is 5.24. The third-order valence-electron chi connectivity index (χ3n) is 3.46. The molecule has 0 saturated heterocycles. The third-order valence-corrected chi connectivity index (χ3v) is 3.46. The zero-order valence-electron chi connectivity index (χ0n) is 12.8. The van der Waals surface area contributed by atoms with E-state index >= 15 is 0 Å². The molecule has 2 aromatic carbocycles. The average molecular weight is 298 g/mol. The Labute approximate surface area is 131 Å². The van der Waals surface area contributed by atoms with Gasteiger partial charge >= 0.3 is 0 Å². The number of hydrogen-bond donors (Lipinski definition) is 2. The van der Waals surface area contributed by atoms with Crippen LogP contribution in [-0.2, 0) is 17.9 Å². The highest BCUT2D eigenvalue weighted by Crippen LogP contribution is 2.19. The third kappa shape index (κ3) is 4.60. The molecule has 0 heterocycles. The van der Waals surface area contributed by atoms with Crippen molar-refractivity contribution in [1.82, 2.24) is 5.32 Å². The van der Waals surface area contributed by atoms with Crippen LogP contribution < -0.4 is 15.8 Å². The summed E-state index contributed by atoms with van der Waals surface area (Å²) in [5.74, 6) is 0.560. The summed E-state index contributed by atoms with van der Waals surface area (Å²) >= 11 is 0. The number of para-hydroxylation sites is 1. The molecule has 0 aliphatic rings. The summed E-state index contributed by atoms with van der Waals surface area (Å²) in [4.78, 5) is 11.8. The Morgan fingerprint density at radius 1 is 1.14 bits per heavy atom. The fourth-order valence-corrected chi connectivity index (χ4v) is 1.99. The fraction of sp³-hybridized carbons (Fsp3) is 0.278. The second kappa shape index (κ2) is 8.20. The smallest absolute Gasteiger partial charge is 0.224 e. The minimum atomic E-state index is -0.183. The van der Waals surface area contributed by atoms with Gasteiger partial charge in [-0.3, -0.25) is 4.79 Å². The van der Waals surface area contributed by atoms with E-state index in [-0.39, 0.29) is 11.8 Å². The van der Waals surface area contributed by atoms with Crippen molar-refractivity contribution in [2.45, 2.75) is 20.1 Å². The van der Waals surface area contributed by atoms with Crippen LogP contribution in [0.3, 0.4) is 0 Å². The van der Waals surface area contributed by atoms with Crippen molar-refractivity contribution in [3.63, 3.8) is 0 Å². The highest BCUT2D eigenvalue weighted by atomic mass is 16.5. The van der Waals surface area contributed by atoms with Crippen LogP contribution in [-0.4, -0.2) is 12.5 Å². The normalized spacial score (nSPS) is 11.7. The van der Waals surface area contributed by atoms with E-state index in [2.05, 4.69) is 5.32 Å². The molecule has 4 nitrogen and oxygen atoms in total. The Morgan fingerprint density at radius 3 is 2.55 bits per heavy atom. The maximum absolute atomic E-state index is 11.8. The van der Waals surface area contributed by atoms with E-state index in [1.165, 1.54) is 0 Å². The van der Waals surface area contributed by atoms with E-state index in [0.717, 1.165) is 16.9 Å². The SMILES string of the molecule is CC(CN)C(=O)NCc1ccccc1OCc1ccccc1. The lowest BCUT2D eigenvalue weighted by molar-refractivity contribution is -0.124. The van der Waals surface area contributed by atoms with Crippen molar-refractivity contribution in [2.75, 3.05) is 6.54 Å². The lowest BCUT2D eigenvalue weighted by atomic mass is 10.1. The first kappa shape index (κ1) is 16.0. The van der Waals surface area contributed by atoms with Gasteiger partial charge in [0.15, 0.2) is 0 Å². The Hall–Kier alpha value is -2.33. The maximum Gasteiger partial charge on any atom is 0.224 e. The highest BCUT2D eigenvalue weighted by Gasteiger charge is 2.11. The summed E-state index contributed by atoms with van der Waals surface area (Å²) in [6.07, 6.45) is 0. The van der Waals surface area contributed by atoms with Crippen LogP contribution in [0.25, 0.3) is 0 Å². The summed E-state index contributed by atoms with van der Waals surface area (Å²) in [5.41, 5.74) is 7.56. The Balaban J connectivity index is 1.96. The Bertz CT molecular complexity index is 599. The average Bonchev–Trinajstić information content (AvgIpc) is 2.58. The number of rotatable bonds is 7. The van der Waals surface area contributed by atoms with Crippen LogP contribution in [0.5, 0.6) is 5.75 Å². The van der Waals surface area contributed by atoms with E-state index in [1.54, 1.807) is 0 Å². The lowest BCUT2D eigenvalue weighted by Crippen LogP contribution is -2.32. The Morgan fingerprint density at radius 2 is 1.82 bits per heavy atom. The van der Waals surface area contributed by atoms with Crippen molar-refractivity contribution < 1.29 is 9.53 Å². The lowest BCUT2D eigenvalue weighted by Gasteiger charge is -2.14. The fourth-order valence-electron chi connectivity index (χ4n) is 1.99. The summed E-state index contributed by atoms with van der Waals surface area (Å²) < 4.78 is 5.87. The number of benzene rings is 2. The summed E-state index contributed by atoms with van der Waals surface area (Å²) in [7, 11) is 0. The van der Waals surface area contributed by atoms with Crippen LogP contribution in [0.4, 0.5) is 0 Å². The number of nitrogens with one attached hydrogen (secondary N) is 1. The van der Waals surface area contributed by atoms with Gasteiger partial charge in [0.05, 0.1) is 0 Å². The predicted octanol–water partition coefficient (Wildman–Crippen LogP) is 2.48. The quantitative estimate of drug-likeness (QED) is 0.825. The molecule has 1 amide bonds. The molecule has 116 valence electrons. The molecule has 0 aliphatic heterocycles. The van der Waals surface area contributed by atoms with E-state index in [0.29, 0.717) is 19.7 Å². The van der Waals surface area contributed by atoms with Gasteiger partial charge in [0.2, 0.25) is 5.91 Å². The summed E-state index contributed by atoms with van der Waals surface area (Å²) in [6, 6.07) is 17.7. The first-order valence-corrected chi connectivity index (χ1v) is 7.43. The summed E-state index contributed by atoms with van der Waals surface area (Å²) in [6.45, 7) is 3.10. The summed E-state index contributed by atoms with van der Waals surface area (Å²) in [5, 5.41) is 2.89. The van der Waals surface area contributed by atoms with Gasteiger partial charge in [0.1, 0.15) is 12.4 Å². The van der Waals surface area contributed by atoms with Gasteiger partial charge in [0.25, 0.3) is 0 Å². The van der Waals surface area contributed by atoms with Crippen molar-refractivity contribution in [3.8, 4) is 5.75 Å². The molecule has 0 fully saturated rings. The first-order valence-electron chi connectivity index (χ1n) is 7.43. The minimum absolute atomic E-state index is 0.0413. The van der Waals surface area contributed by atoms with E-state index < -0.39 is 0 Å². The van der Waals surface area contributed by atoms with Crippen LogP contribution >= 0.6 is 0 Å². The van der Waals surface area contributed by atoms with Gasteiger partial charge < -0.3 is 15.8 Å². The molecular formula is C18H22N2O2. The van der Waals surface area contributed by atoms with Gasteiger partial charge in [-0.15, -0.1) is 0 Å². The van der Waals surface area contributed by atoms with Crippen molar-refractivity contribution in [2.24, 2.45) is 11.7 Å². The molecule has 2 rings (SSSR count). The molecule has 22 heavy (non-hydrogen) atoms. The molecule has 0 spiro atoms. The predicted molar refractivity (Wildman–Crippen MR) is 87.3 cm³/mol. The number of amides is 1. The van der Waals surface area contributed by atoms with Crippen LogP contribution in [0.15, 0.2) is 54.6 Å². The number of carbonyl (C=O) groups is 1. The zero-order valence-corrected chi connectivity index (χ0v) is 12.8. The highest BCUT2D eigenvalue weighted by molar-refractivity contribution is 5.78. The van der Waals surface area contributed by atoms with E-state index in [9.17, 15) is 4.79 Å². The monoisotopic (exact) mass is 298 g/mol. The number of nitrogens with two attached hydrogens (primary N) is 1. The minimum Gasteiger partial charge on any atom is -0.489 e. The molecule has 1 unspecified atom stereocenters. The molecule has 0 aromatic heterocycles. The van der Waals surface area contributed by atoms with E-state index in [1.807, 2.05) is 61.5 Å². The van der Waals surface area contributed by atoms with Gasteiger partial charge in [-0.05, 0) is 11.6 Å². The van der Waals surface area contributed by atoms with Crippen LogP contribution in [0.1, 0.15) is 18.1 Å². The number of carbonyl (C=O) groups excluding carboxylic acids is 1. The first-order chi connectivity index (χ1) is 10.7. The maximum atomic E-state index is 11.8. The molecule has 3 N–H and O–H groups in total. The van der Waals surface area contributed by atoms with Gasteiger partial charge in [-0.25, -0.2) is 0 Å². The molecule has 0 radical (unpaired) electrons. The van der Waals surface area contributed by atoms with Crippen molar-refractivity contribution in [3.05, 3.63) is 65.7 Å². The second-order valence-electron chi connectivity index (χ2n) is 5.24. The molecule has 1 atom stereocenters. The largest absolute Gasteiger partial charge is 0.489 e. The number of hydrogen-bond acceptors (Lipinski definition) is 3. The molecule has 0 aliphatic carbocycles. The van der Waals surface area contributed by atoms with Crippen LogP contribution in [0, 0.1) is 5.92 Å². The van der Waals surface area contributed by atoms with Crippen LogP contribution in [0.2, 0.25) is 0 Å². The zero-order chi connectivity index (χ0) is 15.8. The molecular weight excluding hydrogens is 276 g/mol. The molecule has 2 aromatic rings. The molecule has 0 saturated carbocycles. The topological polar surface area (TPSA) is 64.4 Å². The van der Waals surface area contributed by atoms with Gasteiger partial charge in [0, 0.05) is 24.6 Å². The number of ether oxygens (including phenoxy) is 1. The standard InChI is InChI=1S/C18H22N2O2/c1-14(11-19)18(21)20-12-16-9-5-6-10-17(16)22-13-15-7-3-2-4-8-15/h2-10,14H,11-13,19H2,1H3,(H,20,21). The van der Waals surface area contributed by atoms with Gasteiger partial charge in [-0.2, -0.15) is 0 Å². The molecule has 0 bridgehead atoms. The molecule has 4 heteroatoms. The van der Waals surface area contributed by atoms with Crippen molar-refractivity contribution in [1.29, 1.82) is 0 Å². The van der Waals surface area contributed by atoms with Crippen molar-refractivity contribution >= 4 is 5.91 Å². The van der Waals surface area contributed by atoms with Gasteiger partial charge in [-0.1, -0.05) is 55.5 Å².